The Morgan fingerprint density at radius 1 is 1.23 bits per heavy atom. The molecule has 0 radical (unpaired) electrons. The summed E-state index contributed by atoms with van der Waals surface area (Å²) < 4.78 is 0. The third kappa shape index (κ3) is 2.93. The van der Waals surface area contributed by atoms with Gasteiger partial charge in [0.05, 0.1) is 11.6 Å². The summed E-state index contributed by atoms with van der Waals surface area (Å²) in [4.78, 5) is 23.3. The zero-order valence-corrected chi connectivity index (χ0v) is 14.0. The maximum absolute atomic E-state index is 12.8. The first-order valence-electron chi connectivity index (χ1n) is 8.41. The summed E-state index contributed by atoms with van der Waals surface area (Å²) in [6, 6.07) is 14.8. The number of aromatic nitrogens is 4. The number of amides is 1. The number of carbonyl (C=O) groups excluding carboxylic acids is 1. The van der Waals surface area contributed by atoms with Gasteiger partial charge in [-0.3, -0.25) is 9.89 Å². The van der Waals surface area contributed by atoms with Crippen LogP contribution in [-0.2, 0) is 0 Å². The highest BCUT2D eigenvalue weighted by Crippen LogP contribution is 2.31. The Balaban J connectivity index is 1.58. The van der Waals surface area contributed by atoms with Gasteiger partial charge in [0.15, 0.2) is 5.82 Å². The number of H-pyrrole nitrogens is 1. The van der Waals surface area contributed by atoms with Gasteiger partial charge in [0.2, 0.25) is 0 Å². The van der Waals surface area contributed by atoms with Gasteiger partial charge in [-0.15, -0.1) is 0 Å². The number of nitrogens with one attached hydrogen (secondary N) is 1. The average Bonchev–Trinajstić information content (AvgIpc) is 3.37. The van der Waals surface area contributed by atoms with E-state index in [0.717, 1.165) is 18.4 Å². The lowest BCUT2D eigenvalue weighted by molar-refractivity contribution is 0.0724. The highest BCUT2D eigenvalue weighted by Gasteiger charge is 2.33. The molecule has 7 heteroatoms. The number of aromatic amines is 1. The van der Waals surface area contributed by atoms with Crippen molar-refractivity contribution >= 4 is 5.91 Å². The van der Waals surface area contributed by atoms with E-state index in [1.807, 2.05) is 36.4 Å². The largest absolute Gasteiger partial charge is 0.327 e. The van der Waals surface area contributed by atoms with Crippen LogP contribution in [0.3, 0.4) is 0 Å². The minimum absolute atomic E-state index is 0.148. The Hall–Kier alpha value is -3.53. The SMILES string of the molecule is N#Cc1ccc(C(=O)N2CCC[C@H]2c2nc(-c3ccccc3)n[nH]2)nc1. The van der Waals surface area contributed by atoms with Crippen LogP contribution in [0.5, 0.6) is 0 Å². The maximum atomic E-state index is 12.8. The lowest BCUT2D eigenvalue weighted by atomic mass is 10.2. The van der Waals surface area contributed by atoms with Gasteiger partial charge in [0, 0.05) is 18.3 Å². The first-order chi connectivity index (χ1) is 12.8. The standard InChI is InChI=1S/C19H16N6O/c20-11-13-8-9-15(21-12-13)19(26)25-10-4-7-16(25)18-22-17(23-24-18)14-5-2-1-3-6-14/h1-3,5-6,8-9,12,16H,4,7,10H2,(H,22,23,24)/t16-/m0/s1. The van der Waals surface area contributed by atoms with E-state index in [1.54, 1.807) is 17.0 Å². The summed E-state index contributed by atoms with van der Waals surface area (Å²) in [7, 11) is 0. The quantitative estimate of drug-likeness (QED) is 0.787. The van der Waals surface area contributed by atoms with Crippen molar-refractivity contribution in [3.05, 3.63) is 65.7 Å². The molecule has 1 fully saturated rings. The van der Waals surface area contributed by atoms with Crippen LogP contribution in [-0.4, -0.2) is 37.5 Å². The minimum atomic E-state index is -0.158. The average molecular weight is 344 g/mol. The molecule has 4 rings (SSSR count). The van der Waals surface area contributed by atoms with Crippen LogP contribution in [0.15, 0.2) is 48.7 Å². The zero-order chi connectivity index (χ0) is 17.9. The van der Waals surface area contributed by atoms with E-state index < -0.39 is 0 Å². The molecule has 0 bridgehead atoms. The van der Waals surface area contributed by atoms with Gasteiger partial charge in [-0.1, -0.05) is 30.3 Å². The fraction of sp³-hybridized carbons (Fsp3) is 0.211. The van der Waals surface area contributed by atoms with Crippen molar-refractivity contribution in [1.82, 2.24) is 25.1 Å². The third-order valence-electron chi connectivity index (χ3n) is 4.48. The number of hydrogen-bond acceptors (Lipinski definition) is 5. The van der Waals surface area contributed by atoms with Crippen molar-refractivity contribution < 1.29 is 4.79 Å². The van der Waals surface area contributed by atoms with Gasteiger partial charge in [-0.25, -0.2) is 9.97 Å². The predicted molar refractivity (Wildman–Crippen MR) is 93.8 cm³/mol. The van der Waals surface area contributed by atoms with Crippen LogP contribution in [0.1, 0.15) is 40.8 Å². The topological polar surface area (TPSA) is 98.6 Å². The minimum Gasteiger partial charge on any atom is -0.327 e. The first kappa shape index (κ1) is 16.0. The van der Waals surface area contributed by atoms with E-state index in [0.29, 0.717) is 29.5 Å². The van der Waals surface area contributed by atoms with E-state index in [9.17, 15) is 4.79 Å². The molecule has 3 aromatic rings. The molecule has 7 nitrogen and oxygen atoms in total. The number of hydrogen-bond donors (Lipinski definition) is 1. The molecular weight excluding hydrogens is 328 g/mol. The van der Waals surface area contributed by atoms with Gasteiger partial charge < -0.3 is 4.90 Å². The Morgan fingerprint density at radius 2 is 2.08 bits per heavy atom. The molecule has 0 saturated carbocycles. The normalized spacial score (nSPS) is 16.4. The molecular formula is C19H16N6O. The van der Waals surface area contributed by atoms with Gasteiger partial charge in [-0.2, -0.15) is 10.4 Å². The number of nitriles is 1. The predicted octanol–water partition coefficient (Wildman–Crippen LogP) is 2.72. The van der Waals surface area contributed by atoms with Crippen LogP contribution in [0, 0.1) is 11.3 Å². The van der Waals surface area contributed by atoms with Crippen molar-refractivity contribution in [2.45, 2.75) is 18.9 Å². The number of carbonyl (C=O) groups is 1. The molecule has 1 atom stereocenters. The van der Waals surface area contributed by atoms with Crippen molar-refractivity contribution in [1.29, 1.82) is 5.26 Å². The molecule has 128 valence electrons. The molecule has 26 heavy (non-hydrogen) atoms. The molecule has 1 aromatic carbocycles. The summed E-state index contributed by atoms with van der Waals surface area (Å²) in [6.07, 6.45) is 3.14. The third-order valence-corrected chi connectivity index (χ3v) is 4.48. The van der Waals surface area contributed by atoms with E-state index in [2.05, 4.69) is 20.2 Å². The summed E-state index contributed by atoms with van der Waals surface area (Å²) in [5.74, 6) is 1.15. The number of nitrogens with zero attached hydrogens (tertiary/aromatic N) is 5. The smallest absolute Gasteiger partial charge is 0.273 e. The summed E-state index contributed by atoms with van der Waals surface area (Å²) >= 11 is 0. The molecule has 0 spiro atoms. The molecule has 1 aliphatic heterocycles. The lowest BCUT2D eigenvalue weighted by Crippen LogP contribution is -2.31. The van der Waals surface area contributed by atoms with Gasteiger partial charge in [0.25, 0.3) is 5.91 Å². The summed E-state index contributed by atoms with van der Waals surface area (Å²) in [6.45, 7) is 0.645. The number of benzene rings is 1. The van der Waals surface area contributed by atoms with E-state index in [4.69, 9.17) is 5.26 Å². The number of likely N-dealkylation sites (tertiary alicyclic amines) is 1. The summed E-state index contributed by atoms with van der Waals surface area (Å²) in [5, 5.41) is 16.1. The molecule has 1 N–H and O–H groups in total. The van der Waals surface area contributed by atoms with Crippen LogP contribution < -0.4 is 0 Å². The van der Waals surface area contributed by atoms with Gasteiger partial charge in [-0.05, 0) is 25.0 Å². The first-order valence-corrected chi connectivity index (χ1v) is 8.41. The fourth-order valence-corrected chi connectivity index (χ4v) is 3.17. The van der Waals surface area contributed by atoms with E-state index in [-0.39, 0.29) is 11.9 Å². The molecule has 0 aliphatic carbocycles. The van der Waals surface area contributed by atoms with Crippen LogP contribution in [0.2, 0.25) is 0 Å². The van der Waals surface area contributed by atoms with Crippen LogP contribution in [0.4, 0.5) is 0 Å². The van der Waals surface area contributed by atoms with Crippen molar-refractivity contribution in [2.75, 3.05) is 6.54 Å². The van der Waals surface area contributed by atoms with E-state index in [1.165, 1.54) is 6.20 Å². The Labute approximate surface area is 150 Å². The van der Waals surface area contributed by atoms with E-state index >= 15 is 0 Å². The molecule has 1 saturated heterocycles. The molecule has 0 unspecified atom stereocenters. The Bertz CT molecular complexity index is 958. The maximum Gasteiger partial charge on any atom is 0.273 e. The van der Waals surface area contributed by atoms with Crippen molar-refractivity contribution in [2.24, 2.45) is 0 Å². The van der Waals surface area contributed by atoms with Gasteiger partial charge in [0.1, 0.15) is 17.6 Å². The van der Waals surface area contributed by atoms with Crippen molar-refractivity contribution in [3.8, 4) is 17.5 Å². The second kappa shape index (κ2) is 6.76. The Morgan fingerprint density at radius 3 is 2.81 bits per heavy atom. The molecule has 3 heterocycles. The molecule has 2 aromatic heterocycles. The zero-order valence-electron chi connectivity index (χ0n) is 14.0. The molecule has 1 amide bonds. The number of pyridine rings is 1. The van der Waals surface area contributed by atoms with Crippen LogP contribution >= 0.6 is 0 Å². The highest BCUT2D eigenvalue weighted by atomic mass is 16.2. The molecule has 1 aliphatic rings. The monoisotopic (exact) mass is 344 g/mol. The second-order valence-corrected chi connectivity index (χ2v) is 6.11. The van der Waals surface area contributed by atoms with Crippen LogP contribution in [0.25, 0.3) is 11.4 Å². The Kier molecular flexibility index (Phi) is 4.15. The fourth-order valence-electron chi connectivity index (χ4n) is 3.17. The highest BCUT2D eigenvalue weighted by molar-refractivity contribution is 5.92. The van der Waals surface area contributed by atoms with Gasteiger partial charge >= 0.3 is 0 Å². The lowest BCUT2D eigenvalue weighted by Gasteiger charge is -2.22. The second-order valence-electron chi connectivity index (χ2n) is 6.11. The van der Waals surface area contributed by atoms with Crippen molar-refractivity contribution in [3.63, 3.8) is 0 Å². The summed E-state index contributed by atoms with van der Waals surface area (Å²) in [5.41, 5.74) is 1.69. The number of rotatable bonds is 3.